The molecule has 190 valence electrons. The number of carbonyl (C=O) groups is 1. The molecular formula is C23H26ClN7O3S2. The molecular weight excluding hydrogens is 522 g/mol. The summed E-state index contributed by atoms with van der Waals surface area (Å²) >= 11 is 7.61. The number of halogens is 1. The van der Waals surface area contributed by atoms with Gasteiger partial charge >= 0.3 is 0 Å². The summed E-state index contributed by atoms with van der Waals surface area (Å²) in [5, 5.41) is 0.214. The summed E-state index contributed by atoms with van der Waals surface area (Å²) in [5.74, 6) is 0.0419. The van der Waals surface area contributed by atoms with Crippen LogP contribution in [0.2, 0.25) is 5.02 Å². The largest absolute Gasteiger partial charge is 0.381 e. The van der Waals surface area contributed by atoms with Gasteiger partial charge in [-0.25, -0.2) is 19.7 Å². The molecule has 3 aromatic rings. The fourth-order valence-corrected chi connectivity index (χ4v) is 5.75. The average molecular weight is 548 g/mol. The van der Waals surface area contributed by atoms with E-state index in [1.54, 1.807) is 24.4 Å². The summed E-state index contributed by atoms with van der Waals surface area (Å²) in [6.45, 7) is 4.48. The van der Waals surface area contributed by atoms with Gasteiger partial charge in [0.2, 0.25) is 0 Å². The van der Waals surface area contributed by atoms with Gasteiger partial charge in [0, 0.05) is 24.2 Å². The summed E-state index contributed by atoms with van der Waals surface area (Å²) in [6, 6.07) is 9.08. The predicted octanol–water partition coefficient (Wildman–Crippen LogP) is 2.94. The Bertz CT molecular complexity index is 1370. The number of nitrogens with zero attached hydrogens (tertiary/aromatic N) is 4. The number of sulfonamides is 1. The van der Waals surface area contributed by atoms with Crippen LogP contribution in [-0.2, 0) is 10.0 Å². The van der Waals surface area contributed by atoms with Crippen molar-refractivity contribution in [2.75, 3.05) is 30.3 Å². The maximum Gasteiger partial charge on any atom is 0.281 e. The van der Waals surface area contributed by atoms with E-state index in [2.05, 4.69) is 26.8 Å². The Morgan fingerprint density at radius 1 is 1.19 bits per heavy atom. The number of nitrogens with one attached hydrogen (secondary N) is 1. The minimum atomic E-state index is -4.16. The maximum absolute atomic E-state index is 12.7. The first-order chi connectivity index (χ1) is 17.1. The molecule has 1 aliphatic rings. The number of hydrogen-bond donors (Lipinski definition) is 3. The van der Waals surface area contributed by atoms with Gasteiger partial charge in [-0.15, -0.1) is 0 Å². The minimum Gasteiger partial charge on any atom is -0.381 e. The van der Waals surface area contributed by atoms with Crippen molar-refractivity contribution in [1.82, 2.24) is 19.7 Å². The molecule has 3 heterocycles. The zero-order chi connectivity index (χ0) is 25.9. The number of benzene rings is 1. The van der Waals surface area contributed by atoms with Gasteiger partial charge in [0.25, 0.3) is 15.9 Å². The number of hydrogen-bond acceptors (Lipinski definition) is 10. The third-order valence-corrected chi connectivity index (χ3v) is 8.93. The second kappa shape index (κ2) is 10.6. The first kappa shape index (κ1) is 26.1. The van der Waals surface area contributed by atoms with E-state index in [1.807, 2.05) is 4.72 Å². The first-order valence-corrected chi connectivity index (χ1v) is 13.8. The summed E-state index contributed by atoms with van der Waals surface area (Å²) in [6.07, 6.45) is 4.90. The summed E-state index contributed by atoms with van der Waals surface area (Å²) < 4.78 is 26.9. The third-order valence-electron chi connectivity index (χ3n) is 6.09. The Kier molecular flexibility index (Phi) is 7.69. The van der Waals surface area contributed by atoms with E-state index >= 15 is 0 Å². The molecule has 36 heavy (non-hydrogen) atoms. The van der Waals surface area contributed by atoms with Gasteiger partial charge in [-0.05, 0) is 49.1 Å². The van der Waals surface area contributed by atoms with Crippen LogP contribution in [0.5, 0.6) is 0 Å². The molecule has 1 aromatic carbocycles. The molecule has 4 rings (SSSR count). The number of piperidine rings is 1. The van der Waals surface area contributed by atoms with Crippen LogP contribution in [0.1, 0.15) is 30.1 Å². The fraction of sp³-hybridized carbons (Fsp3) is 0.304. The quantitative estimate of drug-likeness (QED) is 0.401. The van der Waals surface area contributed by atoms with Crippen molar-refractivity contribution in [2.24, 2.45) is 11.1 Å². The van der Waals surface area contributed by atoms with Gasteiger partial charge in [-0.3, -0.25) is 4.79 Å². The number of pyridine rings is 1. The zero-order valence-corrected chi connectivity index (χ0v) is 21.9. The second-order valence-corrected chi connectivity index (χ2v) is 11.8. The van der Waals surface area contributed by atoms with Crippen LogP contribution >= 0.6 is 23.4 Å². The van der Waals surface area contributed by atoms with Gasteiger partial charge in [-0.2, -0.15) is 8.42 Å². The van der Waals surface area contributed by atoms with E-state index in [-0.39, 0.29) is 26.8 Å². The summed E-state index contributed by atoms with van der Waals surface area (Å²) in [4.78, 5) is 28.1. The van der Waals surface area contributed by atoms with Crippen molar-refractivity contribution >= 4 is 50.9 Å². The first-order valence-electron chi connectivity index (χ1n) is 11.1. The molecule has 2 aromatic heterocycles. The topological polar surface area (TPSA) is 157 Å². The van der Waals surface area contributed by atoms with Crippen molar-refractivity contribution in [3.05, 3.63) is 59.4 Å². The van der Waals surface area contributed by atoms with E-state index in [0.717, 1.165) is 37.7 Å². The highest BCUT2D eigenvalue weighted by Crippen LogP contribution is 2.37. The Morgan fingerprint density at radius 2 is 1.94 bits per heavy atom. The molecule has 0 atom stereocenters. The van der Waals surface area contributed by atoms with E-state index in [4.69, 9.17) is 23.1 Å². The van der Waals surface area contributed by atoms with Crippen LogP contribution in [0.25, 0.3) is 0 Å². The highest BCUT2D eigenvalue weighted by Gasteiger charge is 2.29. The molecule has 13 heteroatoms. The van der Waals surface area contributed by atoms with Crippen LogP contribution in [0.4, 0.5) is 11.6 Å². The predicted molar refractivity (Wildman–Crippen MR) is 140 cm³/mol. The number of nitrogens with two attached hydrogens (primary N) is 2. The van der Waals surface area contributed by atoms with Crippen LogP contribution < -0.4 is 21.1 Å². The SMILES string of the molecule is CC1(CN)CCN(c2cnc(Sc3cccc(C(=O)NS(=O)(=O)c4ccccn4)c3Cl)c(N)n2)CC1. The van der Waals surface area contributed by atoms with E-state index in [9.17, 15) is 13.2 Å². The Labute approximate surface area is 218 Å². The molecule has 5 N–H and O–H groups in total. The summed E-state index contributed by atoms with van der Waals surface area (Å²) in [7, 11) is -4.16. The lowest BCUT2D eigenvalue weighted by molar-refractivity contribution is 0.0981. The second-order valence-electron chi connectivity index (χ2n) is 8.74. The molecule has 0 aliphatic carbocycles. The van der Waals surface area contributed by atoms with Gasteiger partial charge in [0.1, 0.15) is 10.8 Å². The maximum atomic E-state index is 12.7. The number of aromatic nitrogens is 3. The van der Waals surface area contributed by atoms with Gasteiger partial charge in [-0.1, -0.05) is 42.4 Å². The molecule has 0 bridgehead atoms. The molecule has 10 nitrogen and oxygen atoms in total. The lowest BCUT2D eigenvalue weighted by atomic mass is 9.80. The third kappa shape index (κ3) is 5.72. The number of anilines is 2. The van der Waals surface area contributed by atoms with Crippen molar-refractivity contribution in [3.63, 3.8) is 0 Å². The lowest BCUT2D eigenvalue weighted by Gasteiger charge is -2.39. The molecule has 0 radical (unpaired) electrons. The Balaban J connectivity index is 1.49. The van der Waals surface area contributed by atoms with E-state index < -0.39 is 15.9 Å². The fourth-order valence-electron chi connectivity index (χ4n) is 3.70. The van der Waals surface area contributed by atoms with E-state index in [0.29, 0.717) is 22.3 Å². The lowest BCUT2D eigenvalue weighted by Crippen LogP contribution is -2.42. The normalized spacial score (nSPS) is 15.5. The Hall–Kier alpha value is -2.93. The molecule has 0 spiro atoms. The number of rotatable bonds is 7. The van der Waals surface area contributed by atoms with Crippen LogP contribution in [0.3, 0.4) is 0 Å². The smallest absolute Gasteiger partial charge is 0.281 e. The zero-order valence-electron chi connectivity index (χ0n) is 19.5. The van der Waals surface area contributed by atoms with Crippen molar-refractivity contribution in [3.8, 4) is 0 Å². The van der Waals surface area contributed by atoms with Crippen molar-refractivity contribution in [2.45, 2.75) is 34.7 Å². The monoisotopic (exact) mass is 547 g/mol. The van der Waals surface area contributed by atoms with Crippen LogP contribution in [0, 0.1) is 5.41 Å². The molecule has 0 saturated carbocycles. The molecule has 1 saturated heterocycles. The van der Waals surface area contributed by atoms with Crippen molar-refractivity contribution in [1.29, 1.82) is 0 Å². The number of nitrogen functional groups attached to an aromatic ring is 1. The van der Waals surface area contributed by atoms with Crippen LogP contribution in [-0.4, -0.2) is 48.9 Å². The summed E-state index contributed by atoms with van der Waals surface area (Å²) in [5.41, 5.74) is 12.2. The van der Waals surface area contributed by atoms with Gasteiger partial charge < -0.3 is 16.4 Å². The average Bonchev–Trinajstić information content (AvgIpc) is 2.87. The molecule has 1 fully saturated rings. The molecule has 1 aliphatic heterocycles. The van der Waals surface area contributed by atoms with Gasteiger partial charge in [0.05, 0.1) is 16.8 Å². The van der Waals surface area contributed by atoms with Crippen molar-refractivity contribution < 1.29 is 13.2 Å². The van der Waals surface area contributed by atoms with Crippen LogP contribution in [0.15, 0.2) is 63.7 Å². The van der Waals surface area contributed by atoms with Gasteiger partial charge in [0.15, 0.2) is 10.8 Å². The highest BCUT2D eigenvalue weighted by molar-refractivity contribution is 7.99. The highest BCUT2D eigenvalue weighted by atomic mass is 35.5. The molecule has 1 amide bonds. The number of amides is 1. The van der Waals surface area contributed by atoms with E-state index in [1.165, 1.54) is 24.4 Å². The number of carbonyl (C=O) groups excluding carboxylic acids is 1. The standard InChI is InChI=1S/C23H26ClN7O3S2/c1-23(14-25)8-11-31(12-9-23)17-13-28-22(20(26)29-17)35-16-6-4-5-15(19(16)24)21(32)30-36(33,34)18-7-2-3-10-27-18/h2-7,10,13H,8-9,11-12,14,25H2,1H3,(H2,26,29)(H,30,32). The minimum absolute atomic E-state index is 0.0133. The Morgan fingerprint density at radius 3 is 2.58 bits per heavy atom. The molecule has 0 unspecified atom stereocenters.